The van der Waals surface area contributed by atoms with Gasteiger partial charge in [0.1, 0.15) is 5.76 Å². The minimum absolute atomic E-state index is 0.114. The van der Waals surface area contributed by atoms with Gasteiger partial charge in [-0.2, -0.15) is 0 Å². The molecule has 0 N–H and O–H groups in total. The molecule has 0 aromatic carbocycles. The number of aromatic nitrogens is 1. The highest BCUT2D eigenvalue weighted by atomic mass is 16.5. The van der Waals surface area contributed by atoms with Crippen LogP contribution in [0, 0.1) is 0 Å². The van der Waals surface area contributed by atoms with Gasteiger partial charge in [0, 0.05) is 19.3 Å². The summed E-state index contributed by atoms with van der Waals surface area (Å²) in [5, 5.41) is 0. The molecule has 0 atom stereocenters. The van der Waals surface area contributed by atoms with Gasteiger partial charge in [0.25, 0.3) is 5.91 Å². The summed E-state index contributed by atoms with van der Waals surface area (Å²) in [6, 6.07) is 7.13. The molecule has 0 unspecified atom stereocenters. The molecule has 3 rings (SSSR count). The molecular weight excluding hydrogens is 284 g/mol. The van der Waals surface area contributed by atoms with Gasteiger partial charge in [-0.1, -0.05) is 0 Å². The van der Waals surface area contributed by atoms with Crippen molar-refractivity contribution in [3.05, 3.63) is 36.2 Å². The number of nitrogens with zero attached hydrogens (tertiary/aromatic N) is 2. The van der Waals surface area contributed by atoms with Crippen LogP contribution < -0.4 is 4.74 Å². The van der Waals surface area contributed by atoms with Crippen molar-refractivity contribution in [3.8, 4) is 17.2 Å². The lowest BCUT2D eigenvalue weighted by Crippen LogP contribution is -2.40. The number of pyridine rings is 1. The number of hydrogen-bond acceptors (Lipinski definition) is 5. The average Bonchev–Trinajstić information content (AvgIpc) is 3.05. The highest BCUT2D eigenvalue weighted by Gasteiger charge is 2.22. The van der Waals surface area contributed by atoms with E-state index in [9.17, 15) is 4.79 Å². The van der Waals surface area contributed by atoms with E-state index in [2.05, 4.69) is 4.98 Å². The number of furan rings is 1. The van der Waals surface area contributed by atoms with Gasteiger partial charge in [-0.25, -0.2) is 4.98 Å². The van der Waals surface area contributed by atoms with Crippen molar-refractivity contribution in [2.24, 2.45) is 0 Å². The lowest BCUT2D eigenvalue weighted by molar-refractivity contribution is 0.0283. The molecule has 0 bridgehead atoms. The molecule has 1 aliphatic rings. The van der Waals surface area contributed by atoms with E-state index >= 15 is 0 Å². The Labute approximate surface area is 128 Å². The van der Waals surface area contributed by atoms with E-state index in [1.165, 1.54) is 0 Å². The molecule has 22 heavy (non-hydrogen) atoms. The van der Waals surface area contributed by atoms with Crippen molar-refractivity contribution in [1.82, 2.24) is 9.88 Å². The van der Waals surface area contributed by atoms with Crippen molar-refractivity contribution in [2.75, 3.05) is 32.9 Å². The van der Waals surface area contributed by atoms with Crippen molar-refractivity contribution >= 4 is 5.91 Å². The molecule has 6 heteroatoms. The Morgan fingerprint density at radius 3 is 2.91 bits per heavy atom. The molecule has 0 radical (unpaired) electrons. The van der Waals surface area contributed by atoms with Crippen molar-refractivity contribution in [1.29, 1.82) is 0 Å². The second kappa shape index (κ2) is 6.62. The van der Waals surface area contributed by atoms with Crippen LogP contribution in [-0.4, -0.2) is 48.7 Å². The molecule has 116 valence electrons. The van der Waals surface area contributed by atoms with Gasteiger partial charge in [0.05, 0.1) is 25.4 Å². The Morgan fingerprint density at radius 1 is 1.32 bits per heavy atom. The quantitative estimate of drug-likeness (QED) is 0.866. The normalized spacial score (nSPS) is 14.9. The van der Waals surface area contributed by atoms with Crippen LogP contribution >= 0.6 is 0 Å². The Morgan fingerprint density at radius 2 is 2.14 bits per heavy atom. The maximum atomic E-state index is 12.4. The first-order valence-electron chi connectivity index (χ1n) is 7.34. The van der Waals surface area contributed by atoms with Crippen LogP contribution in [0.4, 0.5) is 0 Å². The van der Waals surface area contributed by atoms with Crippen LogP contribution in [0.3, 0.4) is 0 Å². The zero-order chi connectivity index (χ0) is 15.4. The molecule has 0 aliphatic carbocycles. The van der Waals surface area contributed by atoms with Gasteiger partial charge in [-0.05, 0) is 31.2 Å². The molecule has 0 spiro atoms. The van der Waals surface area contributed by atoms with Gasteiger partial charge in [-0.3, -0.25) is 4.79 Å². The lowest BCUT2D eigenvalue weighted by atomic mass is 10.2. The summed E-state index contributed by atoms with van der Waals surface area (Å²) in [6.07, 6.45) is 1.66. The molecule has 1 amide bonds. The van der Waals surface area contributed by atoms with Crippen LogP contribution in [0.25, 0.3) is 11.3 Å². The molecule has 0 saturated carbocycles. The Kier molecular flexibility index (Phi) is 4.39. The highest BCUT2D eigenvalue weighted by Crippen LogP contribution is 2.29. The Bertz CT molecular complexity index is 647. The summed E-state index contributed by atoms with van der Waals surface area (Å²) in [4.78, 5) is 18.3. The molecule has 2 aromatic rings. The second-order valence-electron chi connectivity index (χ2n) is 4.86. The third-order valence-electron chi connectivity index (χ3n) is 3.43. The van der Waals surface area contributed by atoms with E-state index in [4.69, 9.17) is 13.9 Å². The zero-order valence-electron chi connectivity index (χ0n) is 12.4. The van der Waals surface area contributed by atoms with Crippen molar-refractivity contribution < 1.29 is 18.7 Å². The number of hydrogen-bond donors (Lipinski definition) is 0. The fraction of sp³-hybridized carbons (Fsp3) is 0.375. The minimum Gasteiger partial charge on any atom is -0.477 e. The first-order valence-corrected chi connectivity index (χ1v) is 7.34. The van der Waals surface area contributed by atoms with Crippen LogP contribution in [0.15, 0.2) is 34.9 Å². The average molecular weight is 302 g/mol. The predicted molar refractivity (Wildman–Crippen MR) is 79.8 cm³/mol. The van der Waals surface area contributed by atoms with E-state index < -0.39 is 0 Å². The van der Waals surface area contributed by atoms with E-state index in [0.29, 0.717) is 50.3 Å². The Hall–Kier alpha value is -2.34. The molecular formula is C16H18N2O4. The summed E-state index contributed by atoms with van der Waals surface area (Å²) in [5.41, 5.74) is 0.741. The highest BCUT2D eigenvalue weighted by molar-refractivity contribution is 5.92. The molecule has 1 fully saturated rings. The largest absolute Gasteiger partial charge is 0.477 e. The third kappa shape index (κ3) is 2.96. The maximum absolute atomic E-state index is 12.4. The molecule has 1 saturated heterocycles. The summed E-state index contributed by atoms with van der Waals surface area (Å²) < 4.78 is 16.5. The number of ether oxygens (including phenoxy) is 2. The predicted octanol–water partition coefficient (Wildman–Crippen LogP) is 2.21. The summed E-state index contributed by atoms with van der Waals surface area (Å²) in [5.74, 6) is 1.29. The van der Waals surface area contributed by atoms with Gasteiger partial charge < -0.3 is 18.8 Å². The van der Waals surface area contributed by atoms with E-state index in [0.717, 1.165) is 5.56 Å². The number of rotatable bonds is 4. The monoisotopic (exact) mass is 302 g/mol. The first-order chi connectivity index (χ1) is 10.8. The summed E-state index contributed by atoms with van der Waals surface area (Å²) >= 11 is 0. The van der Waals surface area contributed by atoms with E-state index in [1.54, 1.807) is 23.2 Å². The van der Waals surface area contributed by atoms with Gasteiger partial charge >= 0.3 is 0 Å². The number of carbonyl (C=O) groups excluding carboxylic acids is 1. The SMILES string of the molecule is CCOc1ncccc1-c1ccc(C(=O)N2CCOCC2)o1. The maximum Gasteiger partial charge on any atom is 0.289 e. The fourth-order valence-corrected chi connectivity index (χ4v) is 2.35. The minimum atomic E-state index is -0.114. The molecule has 2 aromatic heterocycles. The number of morpholine rings is 1. The van der Waals surface area contributed by atoms with Gasteiger partial charge in [0.2, 0.25) is 5.88 Å². The summed E-state index contributed by atoms with van der Waals surface area (Å²) in [7, 11) is 0. The van der Waals surface area contributed by atoms with Crippen molar-refractivity contribution in [2.45, 2.75) is 6.92 Å². The van der Waals surface area contributed by atoms with Crippen LogP contribution in [0.1, 0.15) is 17.5 Å². The van der Waals surface area contributed by atoms with Gasteiger partial charge in [-0.15, -0.1) is 0 Å². The van der Waals surface area contributed by atoms with Gasteiger partial charge in [0.15, 0.2) is 5.76 Å². The van der Waals surface area contributed by atoms with Crippen LogP contribution in [-0.2, 0) is 4.74 Å². The second-order valence-corrected chi connectivity index (χ2v) is 4.86. The lowest BCUT2D eigenvalue weighted by Gasteiger charge is -2.25. The van der Waals surface area contributed by atoms with Crippen LogP contribution in [0.5, 0.6) is 5.88 Å². The molecule has 3 heterocycles. The smallest absolute Gasteiger partial charge is 0.289 e. The molecule has 6 nitrogen and oxygen atoms in total. The standard InChI is InChI=1S/C16H18N2O4/c1-2-21-15-12(4-3-7-17-15)13-5-6-14(22-13)16(19)18-8-10-20-11-9-18/h3-7H,2,8-11H2,1H3. The van der Waals surface area contributed by atoms with Crippen molar-refractivity contribution in [3.63, 3.8) is 0 Å². The zero-order valence-corrected chi connectivity index (χ0v) is 12.4. The fourth-order valence-electron chi connectivity index (χ4n) is 2.35. The topological polar surface area (TPSA) is 64.8 Å². The summed E-state index contributed by atoms with van der Waals surface area (Å²) in [6.45, 7) is 4.73. The number of carbonyl (C=O) groups is 1. The van der Waals surface area contributed by atoms with E-state index in [1.807, 2.05) is 19.1 Å². The van der Waals surface area contributed by atoms with E-state index in [-0.39, 0.29) is 5.91 Å². The number of amides is 1. The third-order valence-corrected chi connectivity index (χ3v) is 3.43. The van der Waals surface area contributed by atoms with Crippen LogP contribution in [0.2, 0.25) is 0 Å². The first kappa shape index (κ1) is 14.6. The Balaban J connectivity index is 1.83. The molecule has 1 aliphatic heterocycles.